The van der Waals surface area contributed by atoms with Gasteiger partial charge in [-0.1, -0.05) is 42.8 Å². The van der Waals surface area contributed by atoms with Crippen LogP contribution in [-0.4, -0.2) is 21.5 Å². The predicted molar refractivity (Wildman–Crippen MR) is 107 cm³/mol. The van der Waals surface area contributed by atoms with Crippen LogP contribution in [-0.2, 0) is 17.9 Å². The number of carbonyl (C=O) groups is 1. The van der Waals surface area contributed by atoms with E-state index in [1.54, 1.807) is 0 Å². The van der Waals surface area contributed by atoms with E-state index in [2.05, 4.69) is 39.1 Å². The first kappa shape index (κ1) is 17.7. The van der Waals surface area contributed by atoms with Gasteiger partial charge < -0.3 is 15.6 Å². The van der Waals surface area contributed by atoms with Crippen molar-refractivity contribution >= 4 is 16.9 Å². The minimum absolute atomic E-state index is 0.100. The highest BCUT2D eigenvalue weighted by molar-refractivity contribution is 5.76. The topological polar surface area (TPSA) is 72.9 Å². The number of nitrogens with zero attached hydrogens (tertiary/aromatic N) is 2. The minimum Gasteiger partial charge on any atom is -0.352 e. The molecule has 0 saturated heterocycles. The molecule has 140 valence electrons. The van der Waals surface area contributed by atoms with E-state index in [9.17, 15) is 4.79 Å². The molecule has 1 fully saturated rings. The lowest BCUT2D eigenvalue weighted by Crippen LogP contribution is -2.31. The molecule has 0 aliphatic heterocycles. The molecule has 1 aliphatic rings. The SMILES string of the molecule is N[C@@H]1CCC[C@H]1CC(=O)NCc1cccc(Cn2cnc3ccccc32)c1. The molecule has 4 rings (SSSR count). The third-order valence-corrected chi connectivity index (χ3v) is 5.53. The lowest BCUT2D eigenvalue weighted by Gasteiger charge is -2.15. The molecule has 1 saturated carbocycles. The smallest absolute Gasteiger partial charge is 0.220 e. The molecule has 2 atom stereocenters. The van der Waals surface area contributed by atoms with E-state index in [0.717, 1.165) is 42.4 Å². The van der Waals surface area contributed by atoms with Gasteiger partial charge in [0.2, 0.25) is 5.91 Å². The Hall–Kier alpha value is -2.66. The average molecular weight is 362 g/mol. The molecule has 0 spiro atoms. The first-order valence-electron chi connectivity index (χ1n) is 9.69. The molecule has 1 amide bonds. The second kappa shape index (κ2) is 7.92. The summed E-state index contributed by atoms with van der Waals surface area (Å²) in [6, 6.07) is 16.7. The van der Waals surface area contributed by atoms with Crippen LogP contribution in [0.1, 0.15) is 36.8 Å². The lowest BCUT2D eigenvalue weighted by molar-refractivity contribution is -0.122. The van der Waals surface area contributed by atoms with E-state index in [4.69, 9.17) is 5.73 Å². The van der Waals surface area contributed by atoms with E-state index >= 15 is 0 Å². The number of carbonyl (C=O) groups excluding carboxylic acids is 1. The molecule has 5 heteroatoms. The second-order valence-corrected chi connectivity index (χ2v) is 7.52. The van der Waals surface area contributed by atoms with Gasteiger partial charge in [-0.05, 0) is 42.0 Å². The zero-order valence-corrected chi connectivity index (χ0v) is 15.5. The van der Waals surface area contributed by atoms with Crippen LogP contribution in [0.25, 0.3) is 11.0 Å². The summed E-state index contributed by atoms with van der Waals surface area (Å²) in [6.45, 7) is 1.32. The van der Waals surface area contributed by atoms with Gasteiger partial charge in [0.1, 0.15) is 0 Å². The number of fused-ring (bicyclic) bond motifs is 1. The van der Waals surface area contributed by atoms with E-state index in [0.29, 0.717) is 18.9 Å². The van der Waals surface area contributed by atoms with Crippen molar-refractivity contribution in [3.8, 4) is 0 Å². The Kier molecular flexibility index (Phi) is 5.21. The summed E-state index contributed by atoms with van der Waals surface area (Å²) in [5.74, 6) is 0.439. The number of imidazole rings is 1. The molecule has 27 heavy (non-hydrogen) atoms. The maximum absolute atomic E-state index is 12.2. The maximum Gasteiger partial charge on any atom is 0.220 e. The van der Waals surface area contributed by atoms with Crippen molar-refractivity contribution in [2.75, 3.05) is 0 Å². The third-order valence-electron chi connectivity index (χ3n) is 5.53. The highest BCUT2D eigenvalue weighted by Gasteiger charge is 2.25. The van der Waals surface area contributed by atoms with Crippen LogP contribution in [0.5, 0.6) is 0 Å². The van der Waals surface area contributed by atoms with Gasteiger partial charge in [0.15, 0.2) is 0 Å². The van der Waals surface area contributed by atoms with E-state index in [1.165, 1.54) is 5.56 Å². The molecule has 1 heterocycles. The Bertz CT molecular complexity index is 933. The van der Waals surface area contributed by atoms with Crippen molar-refractivity contribution in [3.05, 3.63) is 66.0 Å². The summed E-state index contributed by atoms with van der Waals surface area (Å²) in [7, 11) is 0. The summed E-state index contributed by atoms with van der Waals surface area (Å²) < 4.78 is 2.15. The van der Waals surface area contributed by atoms with Crippen LogP contribution in [0.4, 0.5) is 0 Å². The van der Waals surface area contributed by atoms with Gasteiger partial charge in [-0.25, -0.2) is 4.98 Å². The van der Waals surface area contributed by atoms with Gasteiger partial charge in [0, 0.05) is 25.6 Å². The Morgan fingerprint density at radius 1 is 1.15 bits per heavy atom. The first-order chi connectivity index (χ1) is 13.2. The fraction of sp³-hybridized carbons (Fsp3) is 0.364. The molecule has 5 nitrogen and oxygen atoms in total. The van der Waals surface area contributed by atoms with Crippen LogP contribution in [0.2, 0.25) is 0 Å². The number of nitrogens with two attached hydrogens (primary N) is 1. The van der Waals surface area contributed by atoms with Crippen molar-refractivity contribution in [1.82, 2.24) is 14.9 Å². The second-order valence-electron chi connectivity index (χ2n) is 7.52. The Morgan fingerprint density at radius 2 is 2.00 bits per heavy atom. The van der Waals surface area contributed by atoms with Crippen molar-refractivity contribution in [2.45, 2.75) is 44.8 Å². The monoisotopic (exact) mass is 362 g/mol. The molecule has 0 bridgehead atoms. The Labute approximate surface area is 159 Å². The van der Waals surface area contributed by atoms with E-state index < -0.39 is 0 Å². The van der Waals surface area contributed by atoms with Gasteiger partial charge in [-0.3, -0.25) is 4.79 Å². The quantitative estimate of drug-likeness (QED) is 0.707. The largest absolute Gasteiger partial charge is 0.352 e. The highest BCUT2D eigenvalue weighted by Crippen LogP contribution is 2.26. The standard InChI is InChI=1S/C22H26N4O/c23-19-8-4-7-18(19)12-22(27)24-13-16-5-3-6-17(11-16)14-26-15-25-20-9-1-2-10-21(20)26/h1-3,5-6,9-11,15,18-19H,4,7-8,12-14,23H2,(H,24,27)/t18-,19+/m0/s1. The van der Waals surface area contributed by atoms with Crippen LogP contribution in [0, 0.1) is 5.92 Å². The number of para-hydroxylation sites is 2. The first-order valence-corrected chi connectivity index (χ1v) is 9.69. The molecule has 1 aromatic heterocycles. The fourth-order valence-electron chi connectivity index (χ4n) is 4.00. The van der Waals surface area contributed by atoms with Crippen LogP contribution in [0.3, 0.4) is 0 Å². The number of nitrogens with one attached hydrogen (secondary N) is 1. The molecule has 2 aromatic carbocycles. The Balaban J connectivity index is 1.37. The van der Waals surface area contributed by atoms with Gasteiger partial charge in [0.25, 0.3) is 0 Å². The maximum atomic E-state index is 12.2. The van der Waals surface area contributed by atoms with Gasteiger partial charge in [-0.2, -0.15) is 0 Å². The molecule has 3 N–H and O–H groups in total. The number of hydrogen-bond donors (Lipinski definition) is 2. The molecular weight excluding hydrogens is 336 g/mol. The molecule has 1 aliphatic carbocycles. The van der Waals surface area contributed by atoms with E-state index in [1.807, 2.05) is 30.6 Å². The molecule has 0 radical (unpaired) electrons. The summed E-state index contributed by atoms with van der Waals surface area (Å²) in [5.41, 5.74) is 10.5. The summed E-state index contributed by atoms with van der Waals surface area (Å²) in [5, 5.41) is 3.05. The summed E-state index contributed by atoms with van der Waals surface area (Å²) >= 11 is 0. The average Bonchev–Trinajstić information content (AvgIpc) is 3.27. The lowest BCUT2D eigenvalue weighted by atomic mass is 10.00. The van der Waals surface area contributed by atoms with Crippen LogP contribution < -0.4 is 11.1 Å². The van der Waals surface area contributed by atoms with Crippen LogP contribution >= 0.6 is 0 Å². The highest BCUT2D eigenvalue weighted by atomic mass is 16.1. The fourth-order valence-corrected chi connectivity index (χ4v) is 4.00. The van der Waals surface area contributed by atoms with Crippen molar-refractivity contribution in [1.29, 1.82) is 0 Å². The van der Waals surface area contributed by atoms with Crippen molar-refractivity contribution < 1.29 is 4.79 Å². The number of rotatable bonds is 6. The van der Waals surface area contributed by atoms with Gasteiger partial charge in [-0.15, -0.1) is 0 Å². The molecule has 0 unspecified atom stereocenters. The summed E-state index contributed by atoms with van der Waals surface area (Å²) in [6.07, 6.45) is 5.68. The third kappa shape index (κ3) is 4.19. The van der Waals surface area contributed by atoms with Gasteiger partial charge >= 0.3 is 0 Å². The summed E-state index contributed by atoms with van der Waals surface area (Å²) in [4.78, 5) is 16.7. The van der Waals surface area contributed by atoms with Crippen molar-refractivity contribution in [2.24, 2.45) is 11.7 Å². The molecular formula is C22H26N4O. The number of aromatic nitrogens is 2. The number of benzene rings is 2. The zero-order chi connectivity index (χ0) is 18.6. The van der Waals surface area contributed by atoms with Crippen LogP contribution in [0.15, 0.2) is 54.9 Å². The normalized spacial score (nSPS) is 19.4. The minimum atomic E-state index is 0.100. The molecule has 3 aromatic rings. The zero-order valence-electron chi connectivity index (χ0n) is 15.5. The number of amides is 1. The predicted octanol–water partition coefficient (Wildman–Crippen LogP) is 3.22. The number of hydrogen-bond acceptors (Lipinski definition) is 3. The van der Waals surface area contributed by atoms with E-state index in [-0.39, 0.29) is 11.9 Å². The Morgan fingerprint density at radius 3 is 2.85 bits per heavy atom. The van der Waals surface area contributed by atoms with Crippen molar-refractivity contribution in [3.63, 3.8) is 0 Å². The van der Waals surface area contributed by atoms with Gasteiger partial charge in [0.05, 0.1) is 17.4 Å².